The normalized spacial score (nSPS) is 10.3. The maximum atomic E-state index is 11.9. The summed E-state index contributed by atoms with van der Waals surface area (Å²) in [6.07, 6.45) is 1.87. The van der Waals surface area contributed by atoms with Crippen LogP contribution in [0.5, 0.6) is 0 Å². The van der Waals surface area contributed by atoms with E-state index in [9.17, 15) is 9.59 Å². The van der Waals surface area contributed by atoms with E-state index in [1.165, 1.54) is 0 Å². The molecule has 20 heavy (non-hydrogen) atoms. The third kappa shape index (κ3) is 5.40. The van der Waals surface area contributed by atoms with Crippen LogP contribution in [0.4, 0.5) is 0 Å². The quantitative estimate of drug-likeness (QED) is 0.737. The van der Waals surface area contributed by atoms with Crippen LogP contribution in [0.1, 0.15) is 28.8 Å². The van der Waals surface area contributed by atoms with E-state index in [1.54, 1.807) is 43.3 Å². The molecule has 5 nitrogen and oxygen atoms in total. The predicted octanol–water partition coefficient (Wildman–Crippen LogP) is 1.81. The molecule has 110 valence electrons. The fourth-order valence-corrected chi connectivity index (χ4v) is 1.83. The molecule has 1 rings (SSSR count). The van der Waals surface area contributed by atoms with Crippen molar-refractivity contribution in [3.05, 3.63) is 35.4 Å². The van der Waals surface area contributed by atoms with Crippen molar-refractivity contribution in [3.8, 4) is 0 Å². The maximum Gasteiger partial charge on any atom is 0.335 e. The molecular formula is C15H21NO4. The fourth-order valence-electron chi connectivity index (χ4n) is 1.83. The smallest absolute Gasteiger partial charge is 0.335 e. The summed E-state index contributed by atoms with van der Waals surface area (Å²) in [4.78, 5) is 24.3. The molecule has 0 aliphatic rings. The summed E-state index contributed by atoms with van der Waals surface area (Å²) in [5, 5.41) is 8.80. The van der Waals surface area contributed by atoms with Crippen molar-refractivity contribution < 1.29 is 19.4 Å². The van der Waals surface area contributed by atoms with Gasteiger partial charge >= 0.3 is 5.97 Å². The van der Waals surface area contributed by atoms with Gasteiger partial charge in [-0.25, -0.2) is 4.79 Å². The van der Waals surface area contributed by atoms with Gasteiger partial charge in [-0.1, -0.05) is 12.1 Å². The Morgan fingerprint density at radius 3 is 2.45 bits per heavy atom. The lowest BCUT2D eigenvalue weighted by atomic mass is 10.1. The van der Waals surface area contributed by atoms with Crippen LogP contribution in [0.25, 0.3) is 0 Å². The van der Waals surface area contributed by atoms with E-state index < -0.39 is 5.97 Å². The van der Waals surface area contributed by atoms with E-state index in [-0.39, 0.29) is 11.5 Å². The lowest BCUT2D eigenvalue weighted by molar-refractivity contribution is -0.130. The number of benzene rings is 1. The van der Waals surface area contributed by atoms with Gasteiger partial charge in [0, 0.05) is 33.7 Å². The van der Waals surface area contributed by atoms with Crippen LogP contribution in [0.2, 0.25) is 0 Å². The number of methoxy groups -OCH3 is 1. The molecule has 1 amide bonds. The van der Waals surface area contributed by atoms with Crippen molar-refractivity contribution >= 4 is 11.9 Å². The Balaban J connectivity index is 2.38. The van der Waals surface area contributed by atoms with Gasteiger partial charge < -0.3 is 14.7 Å². The summed E-state index contributed by atoms with van der Waals surface area (Å²) in [5.41, 5.74) is 1.23. The zero-order valence-corrected chi connectivity index (χ0v) is 12.0. The van der Waals surface area contributed by atoms with E-state index in [2.05, 4.69) is 0 Å². The van der Waals surface area contributed by atoms with Crippen molar-refractivity contribution in [2.24, 2.45) is 0 Å². The molecule has 0 atom stereocenters. The Hall–Kier alpha value is -1.88. The molecule has 1 N–H and O–H groups in total. The average molecular weight is 279 g/mol. The Morgan fingerprint density at radius 2 is 1.90 bits per heavy atom. The SMILES string of the molecule is COCCCN(C)C(=O)CCc1ccc(C(=O)O)cc1. The number of hydrogen-bond donors (Lipinski definition) is 1. The lowest BCUT2D eigenvalue weighted by Crippen LogP contribution is -2.28. The van der Waals surface area contributed by atoms with Gasteiger partial charge in [-0.05, 0) is 30.5 Å². The Bertz CT molecular complexity index is 442. The first-order valence-electron chi connectivity index (χ1n) is 6.59. The summed E-state index contributed by atoms with van der Waals surface area (Å²) in [6.45, 7) is 1.33. The third-order valence-corrected chi connectivity index (χ3v) is 3.10. The monoisotopic (exact) mass is 279 g/mol. The number of hydrogen-bond acceptors (Lipinski definition) is 3. The summed E-state index contributed by atoms with van der Waals surface area (Å²) in [5.74, 6) is -0.853. The van der Waals surface area contributed by atoms with Crippen molar-refractivity contribution in [2.45, 2.75) is 19.3 Å². The number of aryl methyl sites for hydroxylation is 1. The minimum Gasteiger partial charge on any atom is -0.478 e. The third-order valence-electron chi connectivity index (χ3n) is 3.10. The second kappa shape index (κ2) is 8.32. The highest BCUT2D eigenvalue weighted by atomic mass is 16.5. The highest BCUT2D eigenvalue weighted by molar-refractivity contribution is 5.87. The summed E-state index contributed by atoms with van der Waals surface area (Å²) in [7, 11) is 3.42. The molecule has 1 aromatic rings. The maximum absolute atomic E-state index is 11.9. The first kappa shape index (κ1) is 16.2. The van der Waals surface area contributed by atoms with Gasteiger partial charge in [0.2, 0.25) is 5.91 Å². The van der Waals surface area contributed by atoms with E-state index in [0.717, 1.165) is 12.0 Å². The van der Waals surface area contributed by atoms with Crippen LogP contribution < -0.4 is 0 Å². The number of aromatic carboxylic acids is 1. The van der Waals surface area contributed by atoms with Crippen LogP contribution in [0, 0.1) is 0 Å². The van der Waals surface area contributed by atoms with Gasteiger partial charge in [-0.15, -0.1) is 0 Å². The summed E-state index contributed by atoms with van der Waals surface area (Å²) in [6, 6.07) is 6.62. The van der Waals surface area contributed by atoms with Crippen molar-refractivity contribution in [1.82, 2.24) is 4.90 Å². The second-order valence-electron chi connectivity index (χ2n) is 4.66. The first-order valence-corrected chi connectivity index (χ1v) is 6.59. The number of amides is 1. The molecule has 0 fully saturated rings. The number of carbonyl (C=O) groups excluding carboxylic acids is 1. The molecule has 0 heterocycles. The Labute approximate surface area is 119 Å². The predicted molar refractivity (Wildman–Crippen MR) is 75.9 cm³/mol. The molecule has 0 aromatic heterocycles. The van der Waals surface area contributed by atoms with Crippen LogP contribution in [0.15, 0.2) is 24.3 Å². The molecule has 0 radical (unpaired) electrons. The minimum atomic E-state index is -0.939. The highest BCUT2D eigenvalue weighted by Crippen LogP contribution is 2.08. The molecule has 1 aromatic carbocycles. The zero-order valence-electron chi connectivity index (χ0n) is 12.0. The van der Waals surface area contributed by atoms with Crippen LogP contribution in [-0.2, 0) is 16.0 Å². The fraction of sp³-hybridized carbons (Fsp3) is 0.467. The summed E-state index contributed by atoms with van der Waals surface area (Å²) >= 11 is 0. The van der Waals surface area contributed by atoms with Crippen molar-refractivity contribution in [2.75, 3.05) is 27.3 Å². The number of carbonyl (C=O) groups is 2. The number of ether oxygens (including phenoxy) is 1. The Kier molecular flexibility index (Phi) is 6.73. The second-order valence-corrected chi connectivity index (χ2v) is 4.66. The molecule has 0 spiro atoms. The molecule has 5 heteroatoms. The minimum absolute atomic E-state index is 0.0865. The van der Waals surface area contributed by atoms with Gasteiger partial charge in [0.05, 0.1) is 5.56 Å². The number of rotatable bonds is 8. The lowest BCUT2D eigenvalue weighted by Gasteiger charge is -2.16. The van der Waals surface area contributed by atoms with Crippen molar-refractivity contribution in [3.63, 3.8) is 0 Å². The van der Waals surface area contributed by atoms with Crippen LogP contribution in [0.3, 0.4) is 0 Å². The molecule has 0 aliphatic carbocycles. The van der Waals surface area contributed by atoms with E-state index in [0.29, 0.717) is 26.0 Å². The molecule has 0 unspecified atom stereocenters. The van der Waals surface area contributed by atoms with E-state index in [4.69, 9.17) is 9.84 Å². The standard InChI is InChI=1S/C15H21NO4/c1-16(10-3-11-20-2)14(17)9-6-12-4-7-13(8-5-12)15(18)19/h4-5,7-8H,3,6,9-11H2,1-2H3,(H,18,19). The van der Waals surface area contributed by atoms with Crippen LogP contribution in [-0.4, -0.2) is 49.2 Å². The van der Waals surface area contributed by atoms with Gasteiger partial charge in [-0.3, -0.25) is 4.79 Å². The number of carboxylic acids is 1. The summed E-state index contributed by atoms with van der Waals surface area (Å²) < 4.78 is 4.95. The topological polar surface area (TPSA) is 66.8 Å². The van der Waals surface area contributed by atoms with Gasteiger partial charge in [0.25, 0.3) is 0 Å². The van der Waals surface area contributed by atoms with E-state index in [1.807, 2.05) is 0 Å². The van der Waals surface area contributed by atoms with Crippen LogP contribution >= 0.6 is 0 Å². The molecule has 0 saturated heterocycles. The molecule has 0 bridgehead atoms. The van der Waals surface area contributed by atoms with Crippen molar-refractivity contribution in [1.29, 1.82) is 0 Å². The van der Waals surface area contributed by atoms with Gasteiger partial charge in [-0.2, -0.15) is 0 Å². The number of nitrogens with zero attached hydrogens (tertiary/aromatic N) is 1. The highest BCUT2D eigenvalue weighted by Gasteiger charge is 2.09. The van der Waals surface area contributed by atoms with E-state index >= 15 is 0 Å². The molecule has 0 saturated carbocycles. The van der Waals surface area contributed by atoms with Gasteiger partial charge in [0.15, 0.2) is 0 Å². The average Bonchev–Trinajstić information content (AvgIpc) is 2.45. The van der Waals surface area contributed by atoms with Gasteiger partial charge in [0.1, 0.15) is 0 Å². The molecular weight excluding hydrogens is 258 g/mol. The first-order chi connectivity index (χ1) is 9.54. The Morgan fingerprint density at radius 1 is 1.25 bits per heavy atom. The molecule has 0 aliphatic heterocycles. The largest absolute Gasteiger partial charge is 0.478 e. The zero-order chi connectivity index (χ0) is 15.0. The number of carboxylic acid groups (broad SMARTS) is 1.